The quantitative estimate of drug-likeness (QED) is 0.140. The van der Waals surface area contributed by atoms with Crippen molar-refractivity contribution < 1.29 is 19.4 Å². The number of nitrogens with one attached hydrogen (secondary N) is 3. The molecule has 198 valence electrons. The number of H-pyrrole nitrogens is 1. The third-order valence-electron chi connectivity index (χ3n) is 5.31. The molecule has 39 heavy (non-hydrogen) atoms. The standard InChI is InChI=1S/C24H20N8O3.C2H4O2/c1-2-14-12-16(13-18-20(14)35-11-10-34-18)19(29-17-6-4-15(5-7-17)21(25)26)22-30-24(33)32(31-22)23-27-8-3-9-28-23;1-2(3)4/h1,3-9,12-13,19,29H,10-11H2,(H3,25,26)(H,30,31,33);1H3,(H,3,4). The fourth-order valence-electron chi connectivity index (χ4n) is 3.68. The minimum Gasteiger partial charge on any atom is -0.486 e. The Morgan fingerprint density at radius 2 is 1.90 bits per heavy atom. The Morgan fingerprint density at radius 3 is 2.54 bits per heavy atom. The Kier molecular flexibility index (Phi) is 7.86. The van der Waals surface area contributed by atoms with Crippen LogP contribution in [0.3, 0.4) is 0 Å². The van der Waals surface area contributed by atoms with Crippen LogP contribution in [-0.4, -0.2) is 54.9 Å². The number of benzene rings is 2. The number of carboxylic acids is 1. The van der Waals surface area contributed by atoms with Crippen molar-refractivity contribution in [1.29, 1.82) is 5.41 Å². The number of rotatable bonds is 6. The monoisotopic (exact) mass is 528 g/mol. The number of fused-ring (bicyclic) bond motifs is 1. The number of carboxylic acid groups (broad SMARTS) is 1. The van der Waals surface area contributed by atoms with Crippen molar-refractivity contribution in [3.05, 3.63) is 87.9 Å². The van der Waals surface area contributed by atoms with Gasteiger partial charge >= 0.3 is 5.69 Å². The van der Waals surface area contributed by atoms with Gasteiger partial charge in [0.05, 0.1) is 5.56 Å². The van der Waals surface area contributed by atoms with E-state index in [-0.39, 0.29) is 11.8 Å². The molecule has 3 heterocycles. The van der Waals surface area contributed by atoms with E-state index in [9.17, 15) is 4.79 Å². The van der Waals surface area contributed by atoms with Gasteiger partial charge in [-0.05, 0) is 48.0 Å². The second kappa shape index (κ2) is 11.6. The number of anilines is 1. The second-order valence-corrected chi connectivity index (χ2v) is 8.10. The van der Waals surface area contributed by atoms with Crippen LogP contribution in [0.4, 0.5) is 5.69 Å². The van der Waals surface area contributed by atoms with Gasteiger partial charge in [0.2, 0.25) is 0 Å². The van der Waals surface area contributed by atoms with Crippen molar-refractivity contribution in [3.63, 3.8) is 0 Å². The van der Waals surface area contributed by atoms with Gasteiger partial charge in [-0.25, -0.2) is 14.8 Å². The van der Waals surface area contributed by atoms with E-state index in [0.29, 0.717) is 52.9 Å². The van der Waals surface area contributed by atoms with E-state index >= 15 is 0 Å². The van der Waals surface area contributed by atoms with Crippen molar-refractivity contribution in [2.75, 3.05) is 18.5 Å². The predicted octanol–water partition coefficient (Wildman–Crippen LogP) is 1.68. The molecule has 0 saturated heterocycles. The molecule has 2 aromatic heterocycles. The van der Waals surface area contributed by atoms with Crippen molar-refractivity contribution in [2.45, 2.75) is 13.0 Å². The molecule has 2 aromatic carbocycles. The molecule has 0 fully saturated rings. The summed E-state index contributed by atoms with van der Waals surface area (Å²) in [5, 5.41) is 22.8. The molecule has 0 radical (unpaired) electrons. The first kappa shape index (κ1) is 26.4. The Morgan fingerprint density at radius 1 is 1.23 bits per heavy atom. The van der Waals surface area contributed by atoms with Gasteiger partial charge < -0.3 is 25.6 Å². The number of hydrogen-bond donors (Lipinski definition) is 5. The first-order valence-electron chi connectivity index (χ1n) is 11.5. The van der Waals surface area contributed by atoms with E-state index in [1.54, 1.807) is 42.5 Å². The highest BCUT2D eigenvalue weighted by Crippen LogP contribution is 2.38. The molecular formula is C26H24N8O5. The van der Waals surface area contributed by atoms with Crippen LogP contribution in [0.15, 0.2) is 59.7 Å². The number of aromatic amines is 1. The van der Waals surface area contributed by atoms with Gasteiger partial charge in [0.1, 0.15) is 25.1 Å². The van der Waals surface area contributed by atoms with Gasteiger partial charge in [-0.15, -0.1) is 16.2 Å². The Labute approximate surface area is 222 Å². The van der Waals surface area contributed by atoms with Gasteiger partial charge in [-0.1, -0.05) is 5.92 Å². The number of amidine groups is 1. The van der Waals surface area contributed by atoms with Gasteiger partial charge in [0.25, 0.3) is 11.9 Å². The Bertz CT molecular complexity index is 1590. The molecule has 0 amide bonds. The van der Waals surface area contributed by atoms with Crippen LogP contribution >= 0.6 is 0 Å². The van der Waals surface area contributed by atoms with E-state index in [1.807, 2.05) is 0 Å². The summed E-state index contributed by atoms with van der Waals surface area (Å²) >= 11 is 0. The fraction of sp³-hybridized carbons (Fsp3) is 0.154. The van der Waals surface area contributed by atoms with Crippen LogP contribution in [0, 0.1) is 17.8 Å². The summed E-state index contributed by atoms with van der Waals surface area (Å²) in [6.45, 7) is 1.88. The number of nitrogens with two attached hydrogens (primary N) is 1. The lowest BCUT2D eigenvalue weighted by molar-refractivity contribution is -0.134. The molecule has 5 rings (SSSR count). The number of nitrogens with zero attached hydrogens (tertiary/aromatic N) is 4. The molecule has 13 nitrogen and oxygen atoms in total. The normalized spacial score (nSPS) is 12.3. The van der Waals surface area contributed by atoms with Crippen molar-refractivity contribution in [2.24, 2.45) is 5.73 Å². The molecule has 4 aromatic rings. The summed E-state index contributed by atoms with van der Waals surface area (Å²) in [6, 6.07) is 11.6. The van der Waals surface area contributed by atoms with Crippen LogP contribution in [0.1, 0.15) is 35.5 Å². The molecule has 0 aliphatic carbocycles. The summed E-state index contributed by atoms with van der Waals surface area (Å²) in [6.07, 6.45) is 8.80. The Balaban J connectivity index is 0.000000826. The topological polar surface area (TPSA) is 194 Å². The molecule has 13 heteroatoms. The number of aromatic nitrogens is 5. The third-order valence-corrected chi connectivity index (χ3v) is 5.31. The van der Waals surface area contributed by atoms with Gasteiger partial charge in [-0.2, -0.15) is 0 Å². The van der Waals surface area contributed by atoms with Crippen molar-refractivity contribution >= 4 is 17.5 Å². The van der Waals surface area contributed by atoms with Crippen LogP contribution in [0.25, 0.3) is 5.95 Å². The minimum atomic E-state index is -0.833. The van der Waals surface area contributed by atoms with Gasteiger partial charge in [0, 0.05) is 30.6 Å². The van der Waals surface area contributed by atoms with E-state index in [1.165, 1.54) is 12.4 Å². The van der Waals surface area contributed by atoms with E-state index in [0.717, 1.165) is 11.6 Å². The lowest BCUT2D eigenvalue weighted by Crippen LogP contribution is -2.19. The number of terminal acetylenes is 1. The zero-order valence-electron chi connectivity index (χ0n) is 20.7. The van der Waals surface area contributed by atoms with Gasteiger partial charge in [0.15, 0.2) is 17.3 Å². The van der Waals surface area contributed by atoms with Crippen molar-refractivity contribution in [3.8, 4) is 29.8 Å². The summed E-state index contributed by atoms with van der Waals surface area (Å²) in [5.74, 6) is 3.22. The average molecular weight is 529 g/mol. The maximum Gasteiger partial charge on any atom is 0.350 e. The lowest BCUT2D eigenvalue weighted by atomic mass is 10.0. The molecule has 1 aliphatic rings. The molecule has 6 N–H and O–H groups in total. The van der Waals surface area contributed by atoms with Crippen LogP contribution in [0.2, 0.25) is 0 Å². The molecule has 0 bridgehead atoms. The number of carbonyl (C=O) groups is 1. The highest BCUT2D eigenvalue weighted by Gasteiger charge is 2.25. The average Bonchev–Trinajstić information content (AvgIpc) is 3.32. The highest BCUT2D eigenvalue weighted by atomic mass is 16.6. The number of aliphatic carboxylic acids is 1. The largest absolute Gasteiger partial charge is 0.486 e. The van der Waals surface area contributed by atoms with E-state index in [2.05, 4.69) is 31.3 Å². The maximum absolute atomic E-state index is 12.7. The molecule has 0 spiro atoms. The fourth-order valence-corrected chi connectivity index (χ4v) is 3.68. The van der Waals surface area contributed by atoms with Crippen LogP contribution < -0.4 is 26.2 Å². The smallest absolute Gasteiger partial charge is 0.350 e. The summed E-state index contributed by atoms with van der Waals surface area (Å²) in [5.41, 5.74) is 7.56. The summed E-state index contributed by atoms with van der Waals surface area (Å²) in [7, 11) is 0. The van der Waals surface area contributed by atoms with E-state index in [4.69, 9.17) is 36.9 Å². The van der Waals surface area contributed by atoms with Crippen LogP contribution in [-0.2, 0) is 4.79 Å². The second-order valence-electron chi connectivity index (χ2n) is 8.10. The number of nitrogen functional groups attached to an aromatic ring is 1. The maximum atomic E-state index is 12.7. The first-order valence-corrected chi connectivity index (χ1v) is 11.5. The molecule has 1 atom stereocenters. The zero-order chi connectivity index (χ0) is 27.9. The van der Waals surface area contributed by atoms with Crippen LogP contribution in [0.5, 0.6) is 11.5 Å². The number of hydrogen-bond acceptors (Lipinski definition) is 9. The van der Waals surface area contributed by atoms with E-state index < -0.39 is 17.7 Å². The molecule has 1 aliphatic heterocycles. The zero-order valence-corrected chi connectivity index (χ0v) is 20.7. The minimum absolute atomic E-state index is 0.0375. The lowest BCUT2D eigenvalue weighted by Gasteiger charge is -2.24. The molecule has 1 unspecified atom stereocenters. The third kappa shape index (κ3) is 6.20. The highest BCUT2D eigenvalue weighted by molar-refractivity contribution is 5.95. The summed E-state index contributed by atoms with van der Waals surface area (Å²) < 4.78 is 12.6. The molecular weight excluding hydrogens is 504 g/mol. The summed E-state index contributed by atoms with van der Waals surface area (Å²) in [4.78, 5) is 32.7. The first-order chi connectivity index (χ1) is 18.8. The number of ether oxygens (including phenoxy) is 2. The van der Waals surface area contributed by atoms with Gasteiger partial charge in [-0.3, -0.25) is 15.2 Å². The Hall–Kier alpha value is -5.64. The molecule has 0 saturated carbocycles. The van der Waals surface area contributed by atoms with Crippen molar-refractivity contribution in [1.82, 2.24) is 24.7 Å². The SMILES string of the molecule is C#Cc1cc(C(Nc2ccc(C(=N)N)cc2)c2nn(-c3ncccn3)c(=O)[nH]2)cc2c1OCCO2.CC(=O)O. The predicted molar refractivity (Wildman–Crippen MR) is 141 cm³/mol.